The maximum Gasteiger partial charge on any atom is 0.122 e. The highest BCUT2D eigenvalue weighted by Gasteiger charge is 2.18. The summed E-state index contributed by atoms with van der Waals surface area (Å²) in [4.78, 5) is 0. The number of hydrogen-bond donors (Lipinski definition) is 1. The highest BCUT2D eigenvalue weighted by atomic mass is 79.9. The fourth-order valence-electron chi connectivity index (χ4n) is 1.75. The number of ether oxygens (including phenoxy) is 1. The van der Waals surface area contributed by atoms with Gasteiger partial charge in [0.2, 0.25) is 0 Å². The summed E-state index contributed by atoms with van der Waals surface area (Å²) in [5, 5.41) is 0. The molecule has 0 heterocycles. The lowest BCUT2D eigenvalue weighted by Gasteiger charge is -2.21. The summed E-state index contributed by atoms with van der Waals surface area (Å²) in [6.07, 6.45) is 0. The molecule has 0 fully saturated rings. The average Bonchev–Trinajstić information content (AvgIpc) is 2.18. The normalized spacial score (nSPS) is 12.9. The first-order valence-electron chi connectivity index (χ1n) is 5.13. The lowest BCUT2D eigenvalue weighted by Crippen LogP contribution is -2.18. The summed E-state index contributed by atoms with van der Waals surface area (Å²) in [6.45, 7) is 5.00. The molecule has 0 saturated carbocycles. The van der Waals surface area contributed by atoms with Crippen LogP contribution in [0.1, 0.15) is 25.3 Å². The minimum atomic E-state index is 0.345. The van der Waals surface area contributed by atoms with E-state index in [9.17, 15) is 0 Å². The third-order valence-electron chi connectivity index (χ3n) is 2.65. The van der Waals surface area contributed by atoms with E-state index in [1.54, 1.807) is 7.11 Å². The molecule has 1 aromatic rings. The maximum atomic E-state index is 5.81. The number of hydrogen-bond acceptors (Lipinski definition) is 2. The molecule has 0 aliphatic rings. The van der Waals surface area contributed by atoms with E-state index in [4.69, 9.17) is 10.5 Å². The Bertz CT molecular complexity index is 325. The Balaban J connectivity index is 3.13. The molecule has 2 nitrogen and oxygen atoms in total. The van der Waals surface area contributed by atoms with Crippen LogP contribution in [0.4, 0.5) is 0 Å². The van der Waals surface area contributed by atoms with Crippen molar-refractivity contribution < 1.29 is 4.74 Å². The van der Waals surface area contributed by atoms with Crippen molar-refractivity contribution in [3.05, 3.63) is 28.2 Å². The summed E-state index contributed by atoms with van der Waals surface area (Å²) in [6, 6.07) is 6.05. The highest BCUT2D eigenvalue weighted by molar-refractivity contribution is 9.10. The molecule has 0 bridgehead atoms. The van der Waals surface area contributed by atoms with Crippen molar-refractivity contribution in [2.45, 2.75) is 19.8 Å². The van der Waals surface area contributed by atoms with Crippen LogP contribution in [0.2, 0.25) is 0 Å². The Labute approximate surface area is 99.9 Å². The molecule has 15 heavy (non-hydrogen) atoms. The molecule has 0 spiro atoms. The molecule has 1 rings (SSSR count). The first-order chi connectivity index (χ1) is 7.10. The van der Waals surface area contributed by atoms with Gasteiger partial charge in [-0.25, -0.2) is 0 Å². The number of methoxy groups -OCH3 is 1. The van der Waals surface area contributed by atoms with Gasteiger partial charge in [-0.2, -0.15) is 0 Å². The van der Waals surface area contributed by atoms with Crippen molar-refractivity contribution in [1.82, 2.24) is 0 Å². The Kier molecular flexibility index (Phi) is 4.61. The van der Waals surface area contributed by atoms with E-state index in [1.165, 1.54) is 5.56 Å². The zero-order valence-electron chi connectivity index (χ0n) is 9.46. The van der Waals surface area contributed by atoms with Gasteiger partial charge < -0.3 is 10.5 Å². The van der Waals surface area contributed by atoms with E-state index in [1.807, 2.05) is 12.1 Å². The van der Waals surface area contributed by atoms with Gasteiger partial charge in [-0.05, 0) is 36.2 Å². The van der Waals surface area contributed by atoms with Gasteiger partial charge in [0.25, 0.3) is 0 Å². The van der Waals surface area contributed by atoms with Gasteiger partial charge in [0, 0.05) is 10.4 Å². The second-order valence-electron chi connectivity index (χ2n) is 3.97. The van der Waals surface area contributed by atoms with Crippen molar-refractivity contribution in [2.75, 3.05) is 13.7 Å². The van der Waals surface area contributed by atoms with Crippen LogP contribution in [-0.2, 0) is 0 Å². The van der Waals surface area contributed by atoms with Gasteiger partial charge in [-0.15, -0.1) is 0 Å². The summed E-state index contributed by atoms with van der Waals surface area (Å²) in [5.74, 6) is 1.78. The molecule has 0 aliphatic carbocycles. The van der Waals surface area contributed by atoms with E-state index in [2.05, 4.69) is 35.8 Å². The van der Waals surface area contributed by atoms with Crippen LogP contribution in [0, 0.1) is 5.92 Å². The van der Waals surface area contributed by atoms with Gasteiger partial charge in [-0.1, -0.05) is 29.8 Å². The van der Waals surface area contributed by atoms with E-state index in [-0.39, 0.29) is 0 Å². The molecule has 0 radical (unpaired) electrons. The molecule has 3 heteroatoms. The summed E-state index contributed by atoms with van der Waals surface area (Å²) >= 11 is 3.48. The van der Waals surface area contributed by atoms with Crippen LogP contribution < -0.4 is 10.5 Å². The number of rotatable bonds is 4. The number of benzene rings is 1. The lowest BCUT2D eigenvalue weighted by atomic mass is 9.88. The maximum absolute atomic E-state index is 5.81. The topological polar surface area (TPSA) is 35.2 Å². The minimum absolute atomic E-state index is 0.345. The van der Waals surface area contributed by atoms with Crippen LogP contribution in [-0.4, -0.2) is 13.7 Å². The van der Waals surface area contributed by atoms with Crippen LogP contribution in [0.15, 0.2) is 22.7 Å². The zero-order chi connectivity index (χ0) is 11.4. The zero-order valence-corrected chi connectivity index (χ0v) is 11.0. The third kappa shape index (κ3) is 2.95. The Hall–Kier alpha value is -0.540. The fourth-order valence-corrected chi connectivity index (χ4v) is 2.13. The third-order valence-corrected chi connectivity index (χ3v) is 3.14. The number of nitrogens with two attached hydrogens (primary N) is 1. The molecule has 0 aliphatic heterocycles. The molecular weight excluding hydrogens is 254 g/mol. The highest BCUT2D eigenvalue weighted by Crippen LogP contribution is 2.33. The van der Waals surface area contributed by atoms with E-state index >= 15 is 0 Å². The fraction of sp³-hybridized carbons (Fsp3) is 0.500. The molecule has 0 saturated heterocycles. The van der Waals surface area contributed by atoms with Crippen LogP contribution >= 0.6 is 15.9 Å². The quantitative estimate of drug-likeness (QED) is 0.913. The standard InChI is InChI=1S/C12H18BrNO/c1-8(2)11(7-14)10-6-9(13)4-5-12(10)15-3/h4-6,8,11H,7,14H2,1-3H3. The van der Waals surface area contributed by atoms with Gasteiger partial charge in [0.05, 0.1) is 7.11 Å². The summed E-state index contributed by atoms with van der Waals surface area (Å²) in [5.41, 5.74) is 6.99. The SMILES string of the molecule is COc1ccc(Br)cc1C(CN)C(C)C. The molecule has 1 aromatic carbocycles. The predicted molar refractivity (Wildman–Crippen MR) is 67.3 cm³/mol. The minimum Gasteiger partial charge on any atom is -0.496 e. The lowest BCUT2D eigenvalue weighted by molar-refractivity contribution is 0.395. The Morgan fingerprint density at radius 1 is 1.40 bits per heavy atom. The van der Waals surface area contributed by atoms with Gasteiger partial charge >= 0.3 is 0 Å². The second-order valence-corrected chi connectivity index (χ2v) is 4.89. The molecule has 84 valence electrons. The van der Waals surface area contributed by atoms with E-state index in [0.717, 1.165) is 10.2 Å². The molecule has 1 atom stereocenters. The molecule has 0 amide bonds. The van der Waals surface area contributed by atoms with Gasteiger partial charge in [0.1, 0.15) is 5.75 Å². The van der Waals surface area contributed by atoms with Crippen LogP contribution in [0.25, 0.3) is 0 Å². The Morgan fingerprint density at radius 3 is 2.53 bits per heavy atom. The van der Waals surface area contributed by atoms with E-state index in [0.29, 0.717) is 18.4 Å². The largest absolute Gasteiger partial charge is 0.496 e. The van der Waals surface area contributed by atoms with Crippen LogP contribution in [0.3, 0.4) is 0 Å². The molecule has 0 aromatic heterocycles. The summed E-state index contributed by atoms with van der Waals surface area (Å²) < 4.78 is 6.42. The van der Waals surface area contributed by atoms with Gasteiger partial charge in [0.15, 0.2) is 0 Å². The van der Waals surface area contributed by atoms with Crippen LogP contribution in [0.5, 0.6) is 5.75 Å². The smallest absolute Gasteiger partial charge is 0.122 e. The second kappa shape index (κ2) is 5.52. The molecular formula is C12H18BrNO. The van der Waals surface area contributed by atoms with Crippen molar-refractivity contribution in [1.29, 1.82) is 0 Å². The predicted octanol–water partition coefficient (Wildman–Crippen LogP) is 3.16. The van der Waals surface area contributed by atoms with Crippen molar-refractivity contribution in [3.8, 4) is 5.75 Å². The van der Waals surface area contributed by atoms with E-state index < -0.39 is 0 Å². The monoisotopic (exact) mass is 271 g/mol. The first kappa shape index (κ1) is 12.5. The van der Waals surface area contributed by atoms with Crippen molar-refractivity contribution in [2.24, 2.45) is 11.7 Å². The first-order valence-corrected chi connectivity index (χ1v) is 5.93. The van der Waals surface area contributed by atoms with Crippen molar-refractivity contribution >= 4 is 15.9 Å². The molecule has 2 N–H and O–H groups in total. The van der Waals surface area contributed by atoms with Gasteiger partial charge in [-0.3, -0.25) is 0 Å². The Morgan fingerprint density at radius 2 is 2.07 bits per heavy atom. The number of halogens is 1. The molecule has 1 unspecified atom stereocenters. The van der Waals surface area contributed by atoms with Crippen molar-refractivity contribution in [3.63, 3.8) is 0 Å². The summed E-state index contributed by atoms with van der Waals surface area (Å²) in [7, 11) is 1.70. The average molecular weight is 272 g/mol.